The van der Waals surface area contributed by atoms with E-state index in [1.54, 1.807) is 30.3 Å². The summed E-state index contributed by atoms with van der Waals surface area (Å²) in [5.41, 5.74) is 9.19. The Morgan fingerprint density at radius 1 is 1.14 bits per heavy atom. The zero-order valence-corrected chi connectivity index (χ0v) is 21.0. The van der Waals surface area contributed by atoms with Gasteiger partial charge in [-0.1, -0.05) is 41.6 Å². The lowest BCUT2D eigenvalue weighted by Gasteiger charge is -2.24. The first-order valence-electron chi connectivity index (χ1n) is 11.8. The van der Waals surface area contributed by atoms with Gasteiger partial charge in [-0.25, -0.2) is 4.68 Å². The Bertz CT molecular complexity index is 1400. The van der Waals surface area contributed by atoms with Gasteiger partial charge in [0.15, 0.2) is 20.5 Å². The Hall–Kier alpha value is -3.04. The molecule has 0 saturated heterocycles. The summed E-state index contributed by atoms with van der Waals surface area (Å²) in [5.74, 6) is 0.0997. The van der Waals surface area contributed by atoms with Crippen LogP contribution >= 0.6 is 9.03 Å². The van der Waals surface area contributed by atoms with Gasteiger partial charge in [-0.3, -0.25) is 0 Å². The molecular formula is C26H26F3N4O3P. The molecule has 2 aromatic carbocycles. The number of para-hydroxylation sites is 1. The van der Waals surface area contributed by atoms with E-state index in [-0.39, 0.29) is 17.9 Å². The van der Waals surface area contributed by atoms with Crippen LogP contribution in [0.25, 0.3) is 28.3 Å². The zero-order valence-electron chi connectivity index (χ0n) is 20.0. The normalized spacial score (nSPS) is 15.1. The molecule has 2 heterocycles. The van der Waals surface area contributed by atoms with E-state index in [4.69, 9.17) is 19.7 Å². The summed E-state index contributed by atoms with van der Waals surface area (Å²) in [6, 6.07) is 14.2. The number of aromatic nitrogens is 3. The first kappa shape index (κ1) is 25.6. The summed E-state index contributed by atoms with van der Waals surface area (Å²) >= 11 is 0. The number of halogens is 3. The molecule has 2 atom stereocenters. The van der Waals surface area contributed by atoms with Gasteiger partial charge in [-0.05, 0) is 55.9 Å². The van der Waals surface area contributed by atoms with Crippen molar-refractivity contribution in [3.63, 3.8) is 0 Å². The number of benzene rings is 2. The van der Waals surface area contributed by atoms with Gasteiger partial charge < -0.3 is 19.7 Å². The predicted molar refractivity (Wildman–Crippen MR) is 134 cm³/mol. The fourth-order valence-electron chi connectivity index (χ4n) is 4.72. The Labute approximate surface area is 213 Å². The van der Waals surface area contributed by atoms with Crippen molar-refractivity contribution >= 4 is 9.03 Å². The van der Waals surface area contributed by atoms with Gasteiger partial charge in [0.05, 0.1) is 24.1 Å². The van der Waals surface area contributed by atoms with Crippen LogP contribution in [-0.4, -0.2) is 32.0 Å². The average molecular weight is 530 g/mol. The number of hydrogen-bond acceptors (Lipinski definition) is 6. The Kier molecular flexibility index (Phi) is 6.93. The fourth-order valence-corrected chi connectivity index (χ4v) is 5.11. The lowest BCUT2D eigenvalue weighted by molar-refractivity contribution is -0.142. The summed E-state index contributed by atoms with van der Waals surface area (Å²) in [7, 11) is -0.594. The molecule has 2 unspecified atom stereocenters. The molecule has 0 radical (unpaired) electrons. The smallest absolute Gasteiger partial charge is 0.355 e. The van der Waals surface area contributed by atoms with Crippen molar-refractivity contribution in [3.05, 3.63) is 77.1 Å². The van der Waals surface area contributed by atoms with E-state index in [9.17, 15) is 13.2 Å². The van der Waals surface area contributed by atoms with E-state index < -0.39 is 26.4 Å². The number of rotatable bonds is 8. The molecule has 37 heavy (non-hydrogen) atoms. The van der Waals surface area contributed by atoms with Gasteiger partial charge in [0.25, 0.3) is 0 Å². The van der Waals surface area contributed by atoms with Gasteiger partial charge in [0.1, 0.15) is 5.69 Å². The summed E-state index contributed by atoms with van der Waals surface area (Å²) in [6.45, 7) is 2.14. The molecule has 0 aliphatic heterocycles. The van der Waals surface area contributed by atoms with Crippen LogP contribution in [0.1, 0.15) is 35.7 Å². The van der Waals surface area contributed by atoms with Crippen molar-refractivity contribution in [2.75, 3.05) is 6.61 Å². The second-order valence-electron chi connectivity index (χ2n) is 9.52. The highest BCUT2D eigenvalue weighted by atomic mass is 31.1. The highest BCUT2D eigenvalue weighted by molar-refractivity contribution is 7.24. The standard InChI is InChI=1S/C26H26F3N4O3P/c1-25(30,15-35-37-34)12-11-16-7-9-19-17(13-16)8-10-20-22(19)32-36-23(20)21-14-31-33(24(21)26(27,28)29)18-5-3-2-4-6-18/h2-7,9,13-14,34,37H,8,10-12,15,30H2,1H3. The van der Waals surface area contributed by atoms with E-state index in [2.05, 4.69) is 16.3 Å². The van der Waals surface area contributed by atoms with Crippen LogP contribution in [0.3, 0.4) is 0 Å². The Morgan fingerprint density at radius 3 is 2.65 bits per heavy atom. The molecule has 194 valence electrons. The van der Waals surface area contributed by atoms with Crippen LogP contribution in [-0.2, 0) is 30.0 Å². The average Bonchev–Trinajstić information content (AvgIpc) is 3.51. The fraction of sp³-hybridized carbons (Fsp3) is 0.308. The molecule has 7 nitrogen and oxygen atoms in total. The Morgan fingerprint density at radius 2 is 1.92 bits per heavy atom. The van der Waals surface area contributed by atoms with Crippen LogP contribution in [0.15, 0.2) is 59.3 Å². The first-order chi connectivity index (χ1) is 17.7. The van der Waals surface area contributed by atoms with Crippen LogP contribution in [0.2, 0.25) is 0 Å². The number of hydrogen-bond donors (Lipinski definition) is 2. The third-order valence-corrected chi connectivity index (χ3v) is 6.87. The molecule has 0 amide bonds. The van der Waals surface area contributed by atoms with E-state index in [0.717, 1.165) is 27.8 Å². The van der Waals surface area contributed by atoms with Crippen molar-refractivity contribution < 1.29 is 27.1 Å². The number of fused-ring (bicyclic) bond motifs is 3. The van der Waals surface area contributed by atoms with Crippen molar-refractivity contribution in [2.45, 2.75) is 44.3 Å². The first-order valence-corrected chi connectivity index (χ1v) is 12.6. The largest absolute Gasteiger partial charge is 0.434 e. The minimum atomic E-state index is -4.65. The highest BCUT2D eigenvalue weighted by Crippen LogP contribution is 2.44. The second kappa shape index (κ2) is 10.0. The van der Waals surface area contributed by atoms with Gasteiger partial charge in [-0.2, -0.15) is 18.3 Å². The molecule has 5 rings (SSSR count). The minimum absolute atomic E-state index is 0.0997. The van der Waals surface area contributed by atoms with Gasteiger partial charge >= 0.3 is 6.18 Å². The highest BCUT2D eigenvalue weighted by Gasteiger charge is 2.41. The number of alkyl halides is 3. The predicted octanol–water partition coefficient (Wildman–Crippen LogP) is 5.48. The summed E-state index contributed by atoms with van der Waals surface area (Å²) < 4.78 is 54.1. The van der Waals surface area contributed by atoms with Crippen LogP contribution < -0.4 is 5.73 Å². The van der Waals surface area contributed by atoms with E-state index in [0.29, 0.717) is 36.2 Å². The van der Waals surface area contributed by atoms with E-state index >= 15 is 0 Å². The van der Waals surface area contributed by atoms with Crippen LogP contribution in [0.5, 0.6) is 0 Å². The monoisotopic (exact) mass is 530 g/mol. The van der Waals surface area contributed by atoms with Crippen LogP contribution in [0, 0.1) is 0 Å². The van der Waals surface area contributed by atoms with Crippen molar-refractivity contribution in [1.82, 2.24) is 14.9 Å². The molecule has 3 N–H and O–H groups in total. The molecule has 0 spiro atoms. The molecule has 2 aromatic heterocycles. The van der Waals surface area contributed by atoms with E-state index in [1.165, 1.54) is 6.20 Å². The van der Waals surface area contributed by atoms with E-state index in [1.807, 2.05) is 19.1 Å². The van der Waals surface area contributed by atoms with Gasteiger partial charge in [-0.15, -0.1) is 0 Å². The summed E-state index contributed by atoms with van der Waals surface area (Å²) in [6.07, 6.45) is -0.918. The molecule has 4 aromatic rings. The second-order valence-corrected chi connectivity index (χ2v) is 9.99. The number of nitrogens with two attached hydrogens (primary N) is 1. The maximum absolute atomic E-state index is 14.2. The third-order valence-electron chi connectivity index (χ3n) is 6.59. The topological polar surface area (TPSA) is 99.3 Å². The molecular weight excluding hydrogens is 504 g/mol. The van der Waals surface area contributed by atoms with Crippen LogP contribution in [0.4, 0.5) is 13.2 Å². The van der Waals surface area contributed by atoms with Crippen molar-refractivity contribution in [2.24, 2.45) is 5.73 Å². The summed E-state index contributed by atoms with van der Waals surface area (Å²) in [5, 5.41) is 8.24. The lowest BCUT2D eigenvalue weighted by atomic mass is 9.86. The third kappa shape index (κ3) is 5.20. The molecule has 0 fully saturated rings. The SMILES string of the molecule is CC(N)(CCc1ccc2c(c1)CCc1c-2noc1-c1cnn(-c2ccccc2)c1C(F)(F)F)COPO. The number of aryl methyl sites for hydroxylation is 2. The van der Waals surface area contributed by atoms with Gasteiger partial charge in [0.2, 0.25) is 0 Å². The minimum Gasteiger partial charge on any atom is -0.355 e. The van der Waals surface area contributed by atoms with Crippen molar-refractivity contribution in [3.8, 4) is 28.3 Å². The van der Waals surface area contributed by atoms with Gasteiger partial charge in [0, 0.05) is 16.7 Å². The lowest BCUT2D eigenvalue weighted by Crippen LogP contribution is -2.40. The zero-order chi connectivity index (χ0) is 26.2. The quantitative estimate of drug-likeness (QED) is 0.293. The Balaban J connectivity index is 1.46. The molecule has 1 aliphatic carbocycles. The summed E-state index contributed by atoms with van der Waals surface area (Å²) in [4.78, 5) is 8.89. The number of nitrogens with zero attached hydrogens (tertiary/aromatic N) is 3. The molecule has 0 saturated carbocycles. The molecule has 1 aliphatic rings. The maximum atomic E-state index is 14.2. The molecule has 0 bridgehead atoms. The molecule has 11 heteroatoms. The maximum Gasteiger partial charge on any atom is 0.434 e. The van der Waals surface area contributed by atoms with Crippen molar-refractivity contribution in [1.29, 1.82) is 0 Å².